The van der Waals surface area contributed by atoms with E-state index < -0.39 is 0 Å². The molecule has 1 N–H and O–H groups in total. The molecule has 76 valence electrons. The van der Waals surface area contributed by atoms with Crippen LogP contribution in [0.2, 0.25) is 0 Å². The summed E-state index contributed by atoms with van der Waals surface area (Å²) in [4.78, 5) is 8.62. The Labute approximate surface area is 83.7 Å². The van der Waals surface area contributed by atoms with Crippen molar-refractivity contribution >= 4 is 5.82 Å². The molecule has 0 atom stereocenters. The standard InChI is InChI=1S/C10H15N3O/c1-7(2)9-3-11-4-10(13-9)12-8-5-14-6-8/h3-4,7-8H,5-6H2,1-2H3,(H,12,13). The molecule has 1 aliphatic rings. The minimum Gasteiger partial charge on any atom is -0.377 e. The lowest BCUT2D eigenvalue weighted by molar-refractivity contribution is 0.0209. The predicted octanol–water partition coefficient (Wildman–Crippen LogP) is 1.41. The Kier molecular flexibility index (Phi) is 2.63. The minimum atomic E-state index is 0.409. The van der Waals surface area contributed by atoms with Crippen molar-refractivity contribution in [3.05, 3.63) is 18.1 Å². The Morgan fingerprint density at radius 2 is 2.21 bits per heavy atom. The number of hydrogen-bond donors (Lipinski definition) is 1. The van der Waals surface area contributed by atoms with Crippen LogP contribution < -0.4 is 5.32 Å². The molecule has 1 saturated heterocycles. The Balaban J connectivity index is 2.05. The van der Waals surface area contributed by atoms with Gasteiger partial charge in [-0.1, -0.05) is 13.8 Å². The van der Waals surface area contributed by atoms with Crippen LogP contribution in [0.3, 0.4) is 0 Å². The number of nitrogens with one attached hydrogen (secondary N) is 1. The van der Waals surface area contributed by atoms with Gasteiger partial charge in [-0.3, -0.25) is 4.98 Å². The van der Waals surface area contributed by atoms with E-state index in [1.165, 1.54) is 0 Å². The Bertz CT molecular complexity index is 310. The number of anilines is 1. The minimum absolute atomic E-state index is 0.409. The molecule has 1 aromatic heterocycles. The molecule has 0 aromatic carbocycles. The van der Waals surface area contributed by atoms with Crippen LogP contribution in [0.1, 0.15) is 25.5 Å². The maximum absolute atomic E-state index is 5.07. The Morgan fingerprint density at radius 3 is 2.79 bits per heavy atom. The summed E-state index contributed by atoms with van der Waals surface area (Å²) in [7, 11) is 0. The van der Waals surface area contributed by atoms with Gasteiger partial charge >= 0.3 is 0 Å². The van der Waals surface area contributed by atoms with Gasteiger partial charge in [0.1, 0.15) is 5.82 Å². The number of ether oxygens (including phenoxy) is 1. The number of hydrogen-bond acceptors (Lipinski definition) is 4. The SMILES string of the molecule is CC(C)c1cncc(NC2COC2)n1. The van der Waals surface area contributed by atoms with E-state index in [4.69, 9.17) is 4.74 Å². The molecule has 1 aromatic rings. The summed E-state index contributed by atoms with van der Waals surface area (Å²) >= 11 is 0. The van der Waals surface area contributed by atoms with Crippen LogP contribution in [0, 0.1) is 0 Å². The topological polar surface area (TPSA) is 47.0 Å². The first-order chi connectivity index (χ1) is 6.75. The van der Waals surface area contributed by atoms with E-state index in [1.807, 2.05) is 6.20 Å². The fraction of sp³-hybridized carbons (Fsp3) is 0.600. The summed E-state index contributed by atoms with van der Waals surface area (Å²) in [5.74, 6) is 1.27. The van der Waals surface area contributed by atoms with Gasteiger partial charge in [0.15, 0.2) is 0 Å². The molecule has 0 amide bonds. The van der Waals surface area contributed by atoms with Crippen LogP contribution in [-0.4, -0.2) is 29.2 Å². The third-order valence-corrected chi connectivity index (χ3v) is 2.23. The molecular formula is C10H15N3O. The van der Waals surface area contributed by atoms with E-state index in [1.54, 1.807) is 6.20 Å². The lowest BCUT2D eigenvalue weighted by Gasteiger charge is -2.27. The third-order valence-electron chi connectivity index (χ3n) is 2.23. The van der Waals surface area contributed by atoms with Gasteiger partial charge in [-0.25, -0.2) is 4.98 Å². The van der Waals surface area contributed by atoms with Crippen LogP contribution in [0.25, 0.3) is 0 Å². The van der Waals surface area contributed by atoms with Crippen LogP contribution in [-0.2, 0) is 4.74 Å². The van der Waals surface area contributed by atoms with E-state index in [0.29, 0.717) is 12.0 Å². The van der Waals surface area contributed by atoms with Crippen molar-refractivity contribution < 1.29 is 4.74 Å². The molecule has 4 heteroatoms. The van der Waals surface area contributed by atoms with E-state index >= 15 is 0 Å². The molecule has 2 heterocycles. The van der Waals surface area contributed by atoms with Gasteiger partial charge in [-0.2, -0.15) is 0 Å². The van der Waals surface area contributed by atoms with Gasteiger partial charge in [-0.05, 0) is 5.92 Å². The summed E-state index contributed by atoms with van der Waals surface area (Å²) in [6.07, 6.45) is 3.57. The normalized spacial score (nSPS) is 16.8. The molecule has 14 heavy (non-hydrogen) atoms. The molecule has 0 radical (unpaired) electrons. The Morgan fingerprint density at radius 1 is 1.43 bits per heavy atom. The second-order valence-electron chi connectivity index (χ2n) is 3.86. The summed E-state index contributed by atoms with van der Waals surface area (Å²) in [6, 6.07) is 0.409. The summed E-state index contributed by atoms with van der Waals surface area (Å²) < 4.78 is 5.07. The average molecular weight is 193 g/mol. The van der Waals surface area contributed by atoms with Crippen molar-refractivity contribution in [1.82, 2.24) is 9.97 Å². The van der Waals surface area contributed by atoms with Gasteiger partial charge in [0.05, 0.1) is 31.1 Å². The first-order valence-electron chi connectivity index (χ1n) is 4.92. The summed E-state index contributed by atoms with van der Waals surface area (Å²) in [5, 5.41) is 3.28. The number of aromatic nitrogens is 2. The maximum atomic E-state index is 5.07. The second-order valence-corrected chi connectivity index (χ2v) is 3.86. The van der Waals surface area contributed by atoms with Crippen LogP contribution in [0.4, 0.5) is 5.82 Å². The molecule has 4 nitrogen and oxygen atoms in total. The maximum Gasteiger partial charge on any atom is 0.145 e. The zero-order chi connectivity index (χ0) is 9.97. The molecule has 0 saturated carbocycles. The van der Waals surface area contributed by atoms with Crippen molar-refractivity contribution in [1.29, 1.82) is 0 Å². The van der Waals surface area contributed by atoms with E-state index in [2.05, 4.69) is 29.1 Å². The van der Waals surface area contributed by atoms with Gasteiger partial charge in [-0.15, -0.1) is 0 Å². The van der Waals surface area contributed by atoms with E-state index in [-0.39, 0.29) is 0 Å². The lowest BCUT2D eigenvalue weighted by Crippen LogP contribution is -2.40. The number of nitrogens with zero attached hydrogens (tertiary/aromatic N) is 2. The van der Waals surface area contributed by atoms with Crippen molar-refractivity contribution in [3.8, 4) is 0 Å². The van der Waals surface area contributed by atoms with Crippen molar-refractivity contribution in [2.75, 3.05) is 18.5 Å². The van der Waals surface area contributed by atoms with Gasteiger partial charge in [0.25, 0.3) is 0 Å². The lowest BCUT2D eigenvalue weighted by atomic mass is 10.1. The molecule has 0 aliphatic carbocycles. The molecule has 1 fully saturated rings. The highest BCUT2D eigenvalue weighted by Crippen LogP contribution is 2.14. The molecule has 0 unspecified atom stereocenters. The monoisotopic (exact) mass is 193 g/mol. The average Bonchev–Trinajstić information content (AvgIpc) is 2.12. The third kappa shape index (κ3) is 2.01. The highest BCUT2D eigenvalue weighted by Gasteiger charge is 2.18. The fourth-order valence-corrected chi connectivity index (χ4v) is 1.26. The van der Waals surface area contributed by atoms with Crippen LogP contribution in [0.15, 0.2) is 12.4 Å². The molecule has 1 aliphatic heterocycles. The number of rotatable bonds is 3. The smallest absolute Gasteiger partial charge is 0.145 e. The summed E-state index contributed by atoms with van der Waals surface area (Å²) in [5.41, 5.74) is 1.02. The summed E-state index contributed by atoms with van der Waals surface area (Å²) in [6.45, 7) is 5.77. The van der Waals surface area contributed by atoms with Crippen molar-refractivity contribution in [2.45, 2.75) is 25.8 Å². The highest BCUT2D eigenvalue weighted by atomic mass is 16.5. The second kappa shape index (κ2) is 3.92. The first kappa shape index (κ1) is 9.40. The van der Waals surface area contributed by atoms with Crippen LogP contribution >= 0.6 is 0 Å². The molecular weight excluding hydrogens is 178 g/mol. The molecule has 0 bridgehead atoms. The van der Waals surface area contributed by atoms with Crippen molar-refractivity contribution in [3.63, 3.8) is 0 Å². The predicted molar refractivity (Wildman–Crippen MR) is 54.4 cm³/mol. The quantitative estimate of drug-likeness (QED) is 0.788. The van der Waals surface area contributed by atoms with Gasteiger partial charge in [0, 0.05) is 6.20 Å². The Hall–Kier alpha value is -1.16. The molecule has 2 rings (SSSR count). The zero-order valence-electron chi connectivity index (χ0n) is 8.53. The van der Waals surface area contributed by atoms with E-state index in [0.717, 1.165) is 24.7 Å². The van der Waals surface area contributed by atoms with E-state index in [9.17, 15) is 0 Å². The first-order valence-corrected chi connectivity index (χ1v) is 4.92. The largest absolute Gasteiger partial charge is 0.377 e. The van der Waals surface area contributed by atoms with Gasteiger partial charge < -0.3 is 10.1 Å². The highest BCUT2D eigenvalue weighted by molar-refractivity contribution is 5.34. The zero-order valence-corrected chi connectivity index (χ0v) is 8.53. The van der Waals surface area contributed by atoms with Gasteiger partial charge in [0.2, 0.25) is 0 Å². The fourth-order valence-electron chi connectivity index (χ4n) is 1.26. The molecule has 0 spiro atoms. The van der Waals surface area contributed by atoms with Crippen molar-refractivity contribution in [2.24, 2.45) is 0 Å². The van der Waals surface area contributed by atoms with Crippen LogP contribution in [0.5, 0.6) is 0 Å².